The van der Waals surface area contributed by atoms with Crippen molar-refractivity contribution in [2.45, 2.75) is 66.2 Å². The Morgan fingerprint density at radius 1 is 0.688 bits per heavy atom. The van der Waals surface area contributed by atoms with Crippen LogP contribution >= 0.6 is 0 Å². The molecule has 5 aromatic rings. The molecule has 3 heteroatoms. The molecule has 0 radical (unpaired) electrons. The van der Waals surface area contributed by atoms with Crippen molar-refractivity contribution in [1.29, 1.82) is 0 Å². The average Bonchev–Trinajstić information content (AvgIpc) is 3.60. The third-order valence-corrected chi connectivity index (χ3v) is 9.81. The molecule has 1 aliphatic carbocycles. The molecule has 0 aromatic heterocycles. The predicted octanol–water partition coefficient (Wildman–Crippen LogP) is 6.34. The minimum Gasteiger partial charge on any atom is -1.00 e. The van der Waals surface area contributed by atoms with Crippen molar-refractivity contribution < 1.29 is 49.0 Å². The minimum atomic E-state index is 0. The van der Waals surface area contributed by atoms with Gasteiger partial charge in [0.15, 0.2) is 0 Å². The van der Waals surface area contributed by atoms with Crippen molar-refractivity contribution in [3.63, 3.8) is 0 Å². The van der Waals surface area contributed by atoms with Crippen LogP contribution in [0.1, 0.15) is 88.8 Å². The second kappa shape index (κ2) is 17.6. The Balaban J connectivity index is 0.000000272. The standard InChI is InChI=1S/C21H26.C17H13.C7H9.2ClH.Zr/c1-20(2,3)18-11-7-16(8-12-18)15-17-9-13-19(14-10-17)21(4,5)6;1-3-12-5-7-14-11-15-8-6-13(4-2)10-17(15)16(14)9-12;1-6-3-4-7(2)5-6;;;/h7-14H,1-6H3;3-11H,1-2H2;3,5,7H,1-2H3;2*1H;/q;2*-1;;;+2/p-2. The number of hydrogen-bond donors (Lipinski definition) is 0. The Morgan fingerprint density at radius 3 is 1.35 bits per heavy atom. The second-order valence-electron chi connectivity index (χ2n) is 14.3. The third-order valence-electron chi connectivity index (χ3n) is 8.39. The molecule has 0 saturated carbocycles. The number of fused-ring (bicyclic) bond motifs is 3. The normalized spacial score (nSPS) is 13.6. The van der Waals surface area contributed by atoms with Crippen molar-refractivity contribution in [1.82, 2.24) is 0 Å². The first-order valence-corrected chi connectivity index (χ1v) is 17.4. The van der Waals surface area contributed by atoms with E-state index < -0.39 is 0 Å². The van der Waals surface area contributed by atoms with E-state index >= 15 is 0 Å². The molecule has 0 saturated heterocycles. The van der Waals surface area contributed by atoms with Gasteiger partial charge in [0.1, 0.15) is 0 Å². The monoisotopic (exact) mass is 748 g/mol. The van der Waals surface area contributed by atoms with Gasteiger partial charge in [0.2, 0.25) is 0 Å². The molecule has 1 aliphatic rings. The van der Waals surface area contributed by atoms with Crippen LogP contribution in [0.3, 0.4) is 0 Å². The summed E-state index contributed by atoms with van der Waals surface area (Å²) in [6.45, 7) is 25.4. The Hall–Kier alpha value is -2.96. The molecule has 0 fully saturated rings. The van der Waals surface area contributed by atoms with Crippen LogP contribution in [0.25, 0.3) is 33.7 Å². The summed E-state index contributed by atoms with van der Waals surface area (Å²) in [4.78, 5) is 0. The molecule has 5 aromatic carbocycles. The number of allylic oxidation sites excluding steroid dienone is 4. The van der Waals surface area contributed by atoms with Crippen LogP contribution in [0.5, 0.6) is 0 Å². The minimum absolute atomic E-state index is 0. The van der Waals surface area contributed by atoms with Crippen molar-refractivity contribution in [2.24, 2.45) is 5.92 Å². The fraction of sp³-hybridized carbons (Fsp3) is 0.244. The van der Waals surface area contributed by atoms with Gasteiger partial charge in [-0.25, -0.2) is 11.6 Å². The van der Waals surface area contributed by atoms with E-state index in [4.69, 9.17) is 0 Å². The topological polar surface area (TPSA) is 0 Å². The molecule has 0 N–H and O–H groups in total. The Kier molecular flexibility index (Phi) is 15.1. The summed E-state index contributed by atoms with van der Waals surface area (Å²) in [7, 11) is 0. The molecule has 0 bridgehead atoms. The summed E-state index contributed by atoms with van der Waals surface area (Å²) in [5, 5.41) is 5.15. The molecule has 1 atom stereocenters. The fourth-order valence-electron chi connectivity index (χ4n) is 5.48. The number of hydrogen-bond acceptors (Lipinski definition) is 0. The van der Waals surface area contributed by atoms with Gasteiger partial charge in [-0.1, -0.05) is 62.4 Å². The SMILES string of the molecule is C=Cc1ccc2[cH-]c3ccc(C=C)cc3c2c1.CC(C)(C)c1ccc([C](=[Zr+2])c2ccc(C(C)(C)C)cc2)cc1.CC1=CC(C)[C-]=C1.[Cl-].[Cl-]. The van der Waals surface area contributed by atoms with Gasteiger partial charge in [0.25, 0.3) is 0 Å². The molecule has 6 rings (SSSR count). The zero-order chi connectivity index (χ0) is 33.6. The van der Waals surface area contributed by atoms with Crippen molar-refractivity contribution in [2.75, 3.05) is 0 Å². The van der Waals surface area contributed by atoms with Crippen LogP contribution in [0, 0.1) is 12.0 Å². The molecular weight excluding hydrogens is 703 g/mol. The maximum atomic E-state index is 3.82. The zero-order valence-corrected chi connectivity index (χ0v) is 33.7. The molecule has 248 valence electrons. The molecule has 0 heterocycles. The average molecular weight is 751 g/mol. The Morgan fingerprint density at radius 2 is 1.08 bits per heavy atom. The summed E-state index contributed by atoms with van der Waals surface area (Å²) in [5.74, 6) is 0.556. The van der Waals surface area contributed by atoms with Gasteiger partial charge in [-0.05, 0) is 11.1 Å². The van der Waals surface area contributed by atoms with Gasteiger partial charge < -0.3 is 24.8 Å². The maximum absolute atomic E-state index is 3.82. The largest absolute Gasteiger partial charge is 1.00 e. The van der Waals surface area contributed by atoms with Gasteiger partial charge in [-0.15, -0.1) is 46.7 Å². The van der Waals surface area contributed by atoms with Crippen molar-refractivity contribution in [3.8, 4) is 0 Å². The van der Waals surface area contributed by atoms with Gasteiger partial charge in [-0.3, -0.25) is 6.08 Å². The van der Waals surface area contributed by atoms with Crippen LogP contribution in [-0.2, 0) is 35.1 Å². The molecule has 48 heavy (non-hydrogen) atoms. The predicted molar refractivity (Wildman–Crippen MR) is 201 cm³/mol. The first-order chi connectivity index (χ1) is 21.7. The van der Waals surface area contributed by atoms with E-state index in [0.717, 1.165) is 11.1 Å². The van der Waals surface area contributed by atoms with Crippen LogP contribution < -0.4 is 24.8 Å². The van der Waals surface area contributed by atoms with Crippen LogP contribution in [0.2, 0.25) is 0 Å². The van der Waals surface area contributed by atoms with E-state index in [2.05, 4.69) is 172 Å². The first-order valence-electron chi connectivity index (χ1n) is 16.2. The van der Waals surface area contributed by atoms with Crippen molar-refractivity contribution >= 4 is 36.9 Å². The second-order valence-corrected chi connectivity index (χ2v) is 15.5. The summed E-state index contributed by atoms with van der Waals surface area (Å²) >= 11 is 1.46. The first kappa shape index (κ1) is 41.2. The van der Waals surface area contributed by atoms with E-state index in [9.17, 15) is 0 Å². The molecule has 0 aliphatic heterocycles. The van der Waals surface area contributed by atoms with Gasteiger partial charge in [-0.2, -0.15) is 6.08 Å². The van der Waals surface area contributed by atoms with Crippen LogP contribution in [-0.4, -0.2) is 3.21 Å². The number of halogens is 2. The maximum Gasteiger partial charge on any atom is -0.0733 e. The Bertz CT molecular complexity index is 1780. The van der Waals surface area contributed by atoms with E-state index in [1.165, 1.54) is 76.8 Å². The molecule has 0 amide bonds. The summed E-state index contributed by atoms with van der Waals surface area (Å²) < 4.78 is 1.42. The number of rotatable bonds is 4. The van der Waals surface area contributed by atoms with Gasteiger partial charge >= 0.3 is 151 Å². The molecule has 0 nitrogen and oxygen atoms in total. The zero-order valence-electron chi connectivity index (χ0n) is 29.7. The molecule has 0 spiro atoms. The van der Waals surface area contributed by atoms with Crippen molar-refractivity contribution in [3.05, 3.63) is 161 Å². The summed E-state index contributed by atoms with van der Waals surface area (Å²) in [6.07, 6.45) is 11.1. The quantitative estimate of drug-likeness (QED) is 0.188. The van der Waals surface area contributed by atoms with E-state index in [1.54, 1.807) is 0 Å². The summed E-state index contributed by atoms with van der Waals surface area (Å²) in [5.41, 5.74) is 9.56. The van der Waals surface area contributed by atoms with E-state index in [1.807, 2.05) is 18.2 Å². The molecular formula is C45H48Cl2Zr-2. The van der Waals surface area contributed by atoms with Crippen LogP contribution in [0.4, 0.5) is 0 Å². The fourth-order valence-corrected chi connectivity index (χ4v) is 6.30. The van der Waals surface area contributed by atoms with E-state index in [-0.39, 0.29) is 35.6 Å². The van der Waals surface area contributed by atoms with Gasteiger partial charge in [0.05, 0.1) is 0 Å². The number of benzene rings is 4. The third kappa shape index (κ3) is 10.8. The smallest absolute Gasteiger partial charge is 0.0733 e. The molecule has 1 unspecified atom stereocenters. The van der Waals surface area contributed by atoms with E-state index in [0.29, 0.717) is 5.92 Å². The summed E-state index contributed by atoms with van der Waals surface area (Å²) in [6, 6.07) is 33.2. The van der Waals surface area contributed by atoms with Crippen LogP contribution in [0.15, 0.2) is 122 Å². The van der Waals surface area contributed by atoms with Gasteiger partial charge in [0, 0.05) is 0 Å². The Labute approximate surface area is 317 Å².